The van der Waals surface area contributed by atoms with Crippen molar-refractivity contribution in [3.05, 3.63) is 52.8 Å². The van der Waals surface area contributed by atoms with Gasteiger partial charge in [0.1, 0.15) is 0 Å². The minimum absolute atomic E-state index is 0.415. The molecule has 0 bridgehead atoms. The van der Waals surface area contributed by atoms with Crippen molar-refractivity contribution in [2.45, 2.75) is 46.0 Å². The topological polar surface area (TPSA) is 46.9 Å². The first-order chi connectivity index (χ1) is 11.1. The number of hydrogen-bond donors (Lipinski definition) is 1. The summed E-state index contributed by atoms with van der Waals surface area (Å²) < 4.78 is 40.9. The predicted molar refractivity (Wildman–Crippen MR) is 84.7 cm³/mol. The summed E-state index contributed by atoms with van der Waals surface area (Å²) in [6, 6.07) is 6.49. The lowest BCUT2D eigenvalue weighted by molar-refractivity contribution is -0.145. The summed E-state index contributed by atoms with van der Waals surface area (Å²) in [4.78, 5) is 12.4. The Balaban J connectivity index is 2.32. The lowest BCUT2D eigenvalue weighted by Gasteiger charge is -2.18. The number of benzene rings is 1. The van der Waals surface area contributed by atoms with Crippen LogP contribution in [0.5, 0.6) is 0 Å². The van der Waals surface area contributed by atoms with Gasteiger partial charge >= 0.3 is 6.18 Å². The van der Waals surface area contributed by atoms with Crippen molar-refractivity contribution in [1.82, 2.24) is 15.1 Å². The number of halogens is 3. The van der Waals surface area contributed by atoms with E-state index in [1.807, 2.05) is 31.2 Å². The molecule has 1 heterocycles. The molecule has 2 aromatic rings. The van der Waals surface area contributed by atoms with Crippen molar-refractivity contribution >= 4 is 5.91 Å². The predicted octanol–water partition coefficient (Wildman–Crippen LogP) is 4.28. The van der Waals surface area contributed by atoms with Gasteiger partial charge in [-0.3, -0.25) is 9.48 Å². The first-order valence-electron chi connectivity index (χ1n) is 7.64. The molecule has 0 saturated carbocycles. The molecule has 1 atom stereocenters. The lowest BCUT2D eigenvalue weighted by atomic mass is 10.0. The van der Waals surface area contributed by atoms with Crippen LogP contribution in [0, 0.1) is 6.92 Å². The van der Waals surface area contributed by atoms with Gasteiger partial charge in [0.25, 0.3) is 5.91 Å². The second kappa shape index (κ2) is 6.67. The molecule has 1 aromatic carbocycles. The molecular formula is C17H20F3N3O. The fourth-order valence-electron chi connectivity index (χ4n) is 2.63. The van der Waals surface area contributed by atoms with Gasteiger partial charge in [-0.2, -0.15) is 18.3 Å². The zero-order valence-corrected chi connectivity index (χ0v) is 14.0. The zero-order valence-electron chi connectivity index (χ0n) is 14.0. The maximum atomic E-state index is 13.3. The van der Waals surface area contributed by atoms with E-state index in [-0.39, 0.29) is 0 Å². The van der Waals surface area contributed by atoms with Crippen molar-refractivity contribution in [3.63, 3.8) is 0 Å². The number of nitrogens with one attached hydrogen (secondary N) is 1. The van der Waals surface area contributed by atoms with E-state index in [1.54, 1.807) is 20.8 Å². The summed E-state index contributed by atoms with van der Waals surface area (Å²) in [5.74, 6) is -0.787. The molecule has 0 spiro atoms. The van der Waals surface area contributed by atoms with Crippen LogP contribution in [0.4, 0.5) is 13.2 Å². The summed E-state index contributed by atoms with van der Waals surface area (Å²) >= 11 is 0. The maximum absolute atomic E-state index is 13.3. The van der Waals surface area contributed by atoms with Crippen LogP contribution < -0.4 is 5.32 Å². The van der Waals surface area contributed by atoms with Gasteiger partial charge in [-0.15, -0.1) is 0 Å². The third-order valence-electron chi connectivity index (χ3n) is 3.80. The fourth-order valence-corrected chi connectivity index (χ4v) is 2.63. The maximum Gasteiger partial charge on any atom is 0.433 e. The Kier molecular flexibility index (Phi) is 5.01. The summed E-state index contributed by atoms with van der Waals surface area (Å²) in [5.41, 5.74) is 0.332. The Morgan fingerprint density at radius 1 is 1.21 bits per heavy atom. The van der Waals surface area contributed by atoms with Gasteiger partial charge in [0.05, 0.1) is 17.8 Å². The van der Waals surface area contributed by atoms with Gasteiger partial charge in [-0.1, -0.05) is 24.3 Å². The van der Waals surface area contributed by atoms with Gasteiger partial charge in [0, 0.05) is 6.04 Å². The van der Waals surface area contributed by atoms with E-state index in [9.17, 15) is 18.0 Å². The molecule has 0 unspecified atom stereocenters. The molecule has 0 saturated heterocycles. The Hall–Kier alpha value is -2.31. The molecule has 24 heavy (non-hydrogen) atoms. The van der Waals surface area contributed by atoms with Gasteiger partial charge in [0.2, 0.25) is 0 Å². The van der Waals surface area contributed by atoms with Gasteiger partial charge in [0.15, 0.2) is 5.69 Å². The quantitative estimate of drug-likeness (QED) is 0.904. The molecule has 1 N–H and O–H groups in total. The Morgan fingerprint density at radius 3 is 2.38 bits per heavy atom. The third kappa shape index (κ3) is 3.60. The Labute approximate surface area is 138 Å². The molecule has 130 valence electrons. The number of alkyl halides is 3. The van der Waals surface area contributed by atoms with Crippen LogP contribution in [-0.2, 0) is 6.18 Å². The second-order valence-corrected chi connectivity index (χ2v) is 5.99. The molecule has 0 fully saturated rings. The first-order valence-corrected chi connectivity index (χ1v) is 7.64. The van der Waals surface area contributed by atoms with Crippen LogP contribution in [0.15, 0.2) is 30.5 Å². The summed E-state index contributed by atoms with van der Waals surface area (Å²) in [7, 11) is 0. The van der Waals surface area contributed by atoms with Gasteiger partial charge < -0.3 is 5.32 Å². The molecule has 1 aromatic heterocycles. The first kappa shape index (κ1) is 18.0. The zero-order chi connectivity index (χ0) is 18.1. The van der Waals surface area contributed by atoms with E-state index in [0.29, 0.717) is 0 Å². The minimum Gasteiger partial charge on any atom is -0.345 e. The molecule has 0 radical (unpaired) electrons. The van der Waals surface area contributed by atoms with Crippen LogP contribution in [0.25, 0.3) is 0 Å². The van der Waals surface area contributed by atoms with Crippen LogP contribution in [0.2, 0.25) is 0 Å². The van der Waals surface area contributed by atoms with Crippen molar-refractivity contribution in [2.75, 3.05) is 0 Å². The molecule has 4 nitrogen and oxygen atoms in total. The minimum atomic E-state index is -4.65. The Morgan fingerprint density at radius 2 is 1.83 bits per heavy atom. The van der Waals surface area contributed by atoms with Crippen molar-refractivity contribution < 1.29 is 18.0 Å². The standard InChI is InChI=1S/C17H20F3N3O/c1-10(2)23-15(17(18,19)20)14(9-21-23)16(24)22-12(4)13-8-6-5-7-11(13)3/h5-10,12H,1-4H3,(H,22,24)/t12-/m0/s1. The smallest absolute Gasteiger partial charge is 0.345 e. The highest BCUT2D eigenvalue weighted by molar-refractivity contribution is 5.95. The van der Waals surface area contributed by atoms with E-state index < -0.39 is 35.4 Å². The number of rotatable bonds is 4. The molecule has 0 aliphatic rings. The van der Waals surface area contributed by atoms with E-state index in [4.69, 9.17) is 0 Å². The summed E-state index contributed by atoms with van der Waals surface area (Å²) in [6.45, 7) is 6.79. The van der Waals surface area contributed by atoms with Crippen molar-refractivity contribution in [3.8, 4) is 0 Å². The number of aryl methyl sites for hydroxylation is 1. The van der Waals surface area contributed by atoms with E-state index in [2.05, 4.69) is 10.4 Å². The van der Waals surface area contributed by atoms with Crippen LogP contribution in [0.3, 0.4) is 0 Å². The van der Waals surface area contributed by atoms with Gasteiger partial charge in [-0.25, -0.2) is 0 Å². The Bertz CT molecular complexity index is 735. The third-order valence-corrected chi connectivity index (χ3v) is 3.80. The number of carbonyl (C=O) groups is 1. The second-order valence-electron chi connectivity index (χ2n) is 5.99. The SMILES string of the molecule is Cc1ccccc1[C@H](C)NC(=O)c1cnn(C(C)C)c1C(F)(F)F. The van der Waals surface area contributed by atoms with Crippen molar-refractivity contribution in [1.29, 1.82) is 0 Å². The van der Waals surface area contributed by atoms with E-state index in [1.165, 1.54) is 0 Å². The highest BCUT2D eigenvalue weighted by atomic mass is 19.4. The van der Waals surface area contributed by atoms with Crippen molar-refractivity contribution in [2.24, 2.45) is 0 Å². The number of amides is 1. The highest BCUT2D eigenvalue weighted by Gasteiger charge is 2.40. The number of aromatic nitrogens is 2. The van der Waals surface area contributed by atoms with Gasteiger partial charge in [-0.05, 0) is 38.8 Å². The number of carbonyl (C=O) groups excluding carboxylic acids is 1. The van der Waals surface area contributed by atoms with E-state index in [0.717, 1.165) is 22.0 Å². The van der Waals surface area contributed by atoms with Crippen LogP contribution >= 0.6 is 0 Å². The molecule has 2 rings (SSSR count). The number of hydrogen-bond acceptors (Lipinski definition) is 2. The monoisotopic (exact) mass is 339 g/mol. The highest BCUT2D eigenvalue weighted by Crippen LogP contribution is 2.33. The lowest BCUT2D eigenvalue weighted by Crippen LogP contribution is -2.29. The molecular weight excluding hydrogens is 319 g/mol. The average Bonchev–Trinajstić information content (AvgIpc) is 2.92. The molecule has 7 heteroatoms. The average molecular weight is 339 g/mol. The number of nitrogens with zero attached hydrogens (tertiary/aromatic N) is 2. The van der Waals surface area contributed by atoms with E-state index >= 15 is 0 Å². The fraction of sp³-hybridized carbons (Fsp3) is 0.412. The normalized spacial score (nSPS) is 13.2. The largest absolute Gasteiger partial charge is 0.433 e. The molecule has 0 aliphatic carbocycles. The molecule has 1 amide bonds. The summed E-state index contributed by atoms with van der Waals surface area (Å²) in [5, 5.41) is 6.36. The van der Waals surface area contributed by atoms with Crippen LogP contribution in [-0.4, -0.2) is 15.7 Å². The van der Waals surface area contributed by atoms with Crippen LogP contribution in [0.1, 0.15) is 60.0 Å². The summed E-state index contributed by atoms with van der Waals surface area (Å²) in [6.07, 6.45) is -3.68. The molecule has 0 aliphatic heterocycles.